The smallest absolute Gasteiger partial charge is 0.294 e. The molecule has 0 atom stereocenters. The van der Waals surface area contributed by atoms with Crippen molar-refractivity contribution in [1.82, 2.24) is 15.5 Å². The van der Waals surface area contributed by atoms with Crippen molar-refractivity contribution in [3.63, 3.8) is 0 Å². The summed E-state index contributed by atoms with van der Waals surface area (Å²) in [6, 6.07) is 0. The SMILES string of the molecule is CCOCCOc1nnc(CNCCOC)s1. The number of methoxy groups -OCH3 is 1. The second-order valence-corrected chi connectivity index (χ2v) is 4.20. The lowest BCUT2D eigenvalue weighted by molar-refractivity contribution is 0.110. The van der Waals surface area contributed by atoms with E-state index in [2.05, 4.69) is 15.5 Å². The molecule has 0 spiro atoms. The Morgan fingerprint density at radius 3 is 2.88 bits per heavy atom. The molecule has 0 saturated heterocycles. The van der Waals surface area contributed by atoms with Crippen LogP contribution in [-0.2, 0) is 16.0 Å². The number of nitrogens with one attached hydrogen (secondary N) is 1. The summed E-state index contributed by atoms with van der Waals surface area (Å²) in [5.41, 5.74) is 0. The van der Waals surface area contributed by atoms with Gasteiger partial charge in [-0.05, 0) is 6.92 Å². The summed E-state index contributed by atoms with van der Waals surface area (Å²) in [4.78, 5) is 0. The van der Waals surface area contributed by atoms with Crippen molar-refractivity contribution in [2.24, 2.45) is 0 Å². The van der Waals surface area contributed by atoms with Crippen molar-refractivity contribution in [3.05, 3.63) is 5.01 Å². The van der Waals surface area contributed by atoms with Crippen LogP contribution in [0.25, 0.3) is 0 Å². The molecule has 7 heteroatoms. The Bertz CT molecular complexity index is 270. The van der Waals surface area contributed by atoms with Gasteiger partial charge in [0.05, 0.1) is 13.2 Å². The minimum atomic E-state index is 0.513. The predicted octanol–water partition coefficient (Wildman–Crippen LogP) is 0.689. The Hall–Kier alpha value is -0.760. The molecule has 6 nitrogen and oxygen atoms in total. The molecule has 1 N–H and O–H groups in total. The van der Waals surface area contributed by atoms with Gasteiger partial charge in [-0.3, -0.25) is 0 Å². The summed E-state index contributed by atoms with van der Waals surface area (Å²) < 4.78 is 15.5. The van der Waals surface area contributed by atoms with Crippen LogP contribution in [0.4, 0.5) is 0 Å². The van der Waals surface area contributed by atoms with Gasteiger partial charge in [-0.25, -0.2) is 0 Å². The molecule has 0 saturated carbocycles. The minimum absolute atomic E-state index is 0.513. The van der Waals surface area contributed by atoms with Crippen LogP contribution in [0.5, 0.6) is 5.19 Å². The third-order valence-corrected chi connectivity index (χ3v) is 2.70. The Kier molecular flexibility index (Phi) is 7.81. The standard InChI is InChI=1S/C10H19N3O3S/c1-3-15-6-7-16-10-13-12-9(17-10)8-11-4-5-14-2/h11H,3-8H2,1-2H3. The first-order chi connectivity index (χ1) is 8.36. The van der Waals surface area contributed by atoms with E-state index in [0.717, 1.165) is 11.6 Å². The number of ether oxygens (including phenoxy) is 3. The van der Waals surface area contributed by atoms with E-state index in [4.69, 9.17) is 14.2 Å². The third kappa shape index (κ3) is 6.52. The Morgan fingerprint density at radius 2 is 2.12 bits per heavy atom. The van der Waals surface area contributed by atoms with Gasteiger partial charge in [0.25, 0.3) is 5.19 Å². The summed E-state index contributed by atoms with van der Waals surface area (Å²) in [5.74, 6) is 0. The van der Waals surface area contributed by atoms with Crippen LogP contribution in [0.3, 0.4) is 0 Å². The first-order valence-electron chi connectivity index (χ1n) is 5.59. The Labute approximate surface area is 105 Å². The van der Waals surface area contributed by atoms with Gasteiger partial charge in [-0.15, -0.1) is 10.2 Å². The van der Waals surface area contributed by atoms with Crippen molar-refractivity contribution in [2.45, 2.75) is 13.5 Å². The zero-order chi connectivity index (χ0) is 12.3. The third-order valence-electron chi connectivity index (χ3n) is 1.86. The second-order valence-electron chi connectivity index (χ2n) is 3.18. The fourth-order valence-corrected chi connectivity index (χ4v) is 1.75. The maximum Gasteiger partial charge on any atom is 0.294 e. The zero-order valence-electron chi connectivity index (χ0n) is 10.3. The molecule has 1 rings (SSSR count). The lowest BCUT2D eigenvalue weighted by atomic mass is 10.6. The molecular formula is C10H19N3O3S. The van der Waals surface area contributed by atoms with Crippen LogP contribution in [0, 0.1) is 0 Å². The van der Waals surface area contributed by atoms with Crippen LogP contribution >= 0.6 is 11.3 Å². The predicted molar refractivity (Wildman–Crippen MR) is 65.5 cm³/mol. The van der Waals surface area contributed by atoms with Crippen molar-refractivity contribution in [3.8, 4) is 5.19 Å². The summed E-state index contributed by atoms with van der Waals surface area (Å²) in [6.45, 7) is 5.93. The molecule has 0 aliphatic carbocycles. The molecule has 0 fully saturated rings. The molecule has 1 heterocycles. The van der Waals surface area contributed by atoms with E-state index in [1.165, 1.54) is 11.3 Å². The van der Waals surface area contributed by atoms with Gasteiger partial charge in [0.2, 0.25) is 0 Å². The molecule has 17 heavy (non-hydrogen) atoms. The molecule has 1 aromatic heterocycles. The minimum Gasteiger partial charge on any atom is -0.466 e. The van der Waals surface area contributed by atoms with Gasteiger partial charge in [0, 0.05) is 26.8 Å². The maximum absolute atomic E-state index is 5.38. The van der Waals surface area contributed by atoms with E-state index in [0.29, 0.717) is 38.2 Å². The highest BCUT2D eigenvalue weighted by Crippen LogP contribution is 2.17. The second kappa shape index (κ2) is 9.29. The molecule has 0 unspecified atom stereocenters. The number of aromatic nitrogens is 2. The highest BCUT2D eigenvalue weighted by atomic mass is 32.1. The number of hydrogen-bond donors (Lipinski definition) is 1. The van der Waals surface area contributed by atoms with Gasteiger partial charge < -0.3 is 19.5 Å². The summed E-state index contributed by atoms with van der Waals surface area (Å²) in [7, 11) is 1.68. The molecule has 0 aromatic carbocycles. The summed E-state index contributed by atoms with van der Waals surface area (Å²) in [5, 5.41) is 12.6. The van der Waals surface area contributed by atoms with E-state index in [-0.39, 0.29) is 0 Å². The lowest BCUT2D eigenvalue weighted by Gasteiger charge is -2.01. The van der Waals surface area contributed by atoms with Crippen LogP contribution in [0.2, 0.25) is 0 Å². The van der Waals surface area contributed by atoms with Crippen LogP contribution in [0.1, 0.15) is 11.9 Å². The Morgan fingerprint density at radius 1 is 1.24 bits per heavy atom. The van der Waals surface area contributed by atoms with Crippen molar-refractivity contribution in [1.29, 1.82) is 0 Å². The average molecular weight is 261 g/mol. The quantitative estimate of drug-likeness (QED) is 0.625. The fraction of sp³-hybridized carbons (Fsp3) is 0.800. The van der Waals surface area contributed by atoms with Gasteiger partial charge >= 0.3 is 0 Å². The molecule has 98 valence electrons. The first kappa shape index (κ1) is 14.3. The van der Waals surface area contributed by atoms with Gasteiger partial charge in [-0.2, -0.15) is 0 Å². The largest absolute Gasteiger partial charge is 0.466 e. The number of rotatable bonds is 10. The van der Waals surface area contributed by atoms with Crippen molar-refractivity contribution < 1.29 is 14.2 Å². The molecular weight excluding hydrogens is 242 g/mol. The van der Waals surface area contributed by atoms with Crippen molar-refractivity contribution >= 4 is 11.3 Å². The summed E-state index contributed by atoms with van der Waals surface area (Å²) >= 11 is 1.45. The van der Waals surface area contributed by atoms with E-state index in [1.807, 2.05) is 6.92 Å². The summed E-state index contributed by atoms with van der Waals surface area (Å²) in [6.07, 6.45) is 0. The Balaban J connectivity index is 2.14. The van der Waals surface area contributed by atoms with E-state index >= 15 is 0 Å². The highest BCUT2D eigenvalue weighted by Gasteiger charge is 2.04. The topological polar surface area (TPSA) is 65.5 Å². The molecule has 0 radical (unpaired) electrons. The average Bonchev–Trinajstić information content (AvgIpc) is 2.78. The highest BCUT2D eigenvalue weighted by molar-refractivity contribution is 7.13. The van der Waals surface area contributed by atoms with Gasteiger partial charge in [0.1, 0.15) is 11.6 Å². The molecule has 0 amide bonds. The lowest BCUT2D eigenvalue weighted by Crippen LogP contribution is -2.18. The number of nitrogens with zero attached hydrogens (tertiary/aromatic N) is 2. The van der Waals surface area contributed by atoms with E-state index < -0.39 is 0 Å². The van der Waals surface area contributed by atoms with Crippen LogP contribution in [-0.4, -0.2) is 50.3 Å². The zero-order valence-corrected chi connectivity index (χ0v) is 11.1. The normalized spacial score (nSPS) is 10.7. The van der Waals surface area contributed by atoms with Crippen molar-refractivity contribution in [2.75, 3.05) is 40.1 Å². The van der Waals surface area contributed by atoms with Gasteiger partial charge in [-0.1, -0.05) is 11.3 Å². The number of hydrogen-bond acceptors (Lipinski definition) is 7. The van der Waals surface area contributed by atoms with Gasteiger partial charge in [0.15, 0.2) is 0 Å². The molecule has 0 aliphatic heterocycles. The van der Waals surface area contributed by atoms with E-state index in [1.54, 1.807) is 7.11 Å². The monoisotopic (exact) mass is 261 g/mol. The van der Waals surface area contributed by atoms with Crippen LogP contribution in [0.15, 0.2) is 0 Å². The molecule has 1 aromatic rings. The maximum atomic E-state index is 5.38. The first-order valence-corrected chi connectivity index (χ1v) is 6.41. The van der Waals surface area contributed by atoms with Crippen LogP contribution < -0.4 is 10.1 Å². The fourth-order valence-electron chi connectivity index (χ4n) is 1.07. The molecule has 0 aliphatic rings. The van der Waals surface area contributed by atoms with E-state index in [9.17, 15) is 0 Å². The molecule has 0 bridgehead atoms.